The van der Waals surface area contributed by atoms with Gasteiger partial charge < -0.3 is 4.74 Å². The van der Waals surface area contributed by atoms with Crippen LogP contribution in [0.2, 0.25) is 5.02 Å². The minimum atomic E-state index is -3.75. The quantitative estimate of drug-likeness (QED) is 0.565. The zero-order chi connectivity index (χ0) is 19.4. The van der Waals surface area contributed by atoms with Crippen LogP contribution in [0.4, 0.5) is 5.69 Å². The van der Waals surface area contributed by atoms with Crippen molar-refractivity contribution < 1.29 is 17.9 Å². The predicted molar refractivity (Wildman–Crippen MR) is 108 cm³/mol. The Kier molecular flexibility index (Phi) is 5.84. The van der Waals surface area contributed by atoms with Crippen LogP contribution in [0.3, 0.4) is 0 Å². The van der Waals surface area contributed by atoms with E-state index < -0.39 is 16.0 Å². The summed E-state index contributed by atoms with van der Waals surface area (Å²) < 4.78 is 32.8. The number of esters is 1. The van der Waals surface area contributed by atoms with E-state index in [4.69, 9.17) is 16.3 Å². The topological polar surface area (TPSA) is 72.5 Å². The molecule has 0 saturated heterocycles. The second kappa shape index (κ2) is 8.12. The number of ether oxygens (including phenoxy) is 1. The van der Waals surface area contributed by atoms with Crippen LogP contribution in [0.15, 0.2) is 64.9 Å². The lowest BCUT2D eigenvalue weighted by Gasteiger charge is -2.07. The molecule has 0 unspecified atom stereocenters. The summed E-state index contributed by atoms with van der Waals surface area (Å²) in [6.45, 7) is 2.00. The molecule has 0 spiro atoms. The molecule has 0 aliphatic heterocycles. The molecule has 1 aromatic heterocycles. The fourth-order valence-electron chi connectivity index (χ4n) is 2.36. The Hall–Kier alpha value is -2.35. The van der Waals surface area contributed by atoms with Crippen molar-refractivity contribution in [3.05, 3.63) is 71.2 Å². The van der Waals surface area contributed by atoms with E-state index >= 15 is 0 Å². The Labute approximate surface area is 166 Å². The predicted octanol–water partition coefficient (Wildman–Crippen LogP) is 5.05. The van der Waals surface area contributed by atoms with Gasteiger partial charge in [0, 0.05) is 21.2 Å². The number of hydrogen-bond acceptors (Lipinski definition) is 5. The third-order valence-corrected chi connectivity index (χ3v) is 6.96. The average Bonchev–Trinajstić information content (AvgIpc) is 3.13. The summed E-state index contributed by atoms with van der Waals surface area (Å²) in [6, 6.07) is 16.6. The SMILES string of the molecule is CCOC(=O)c1ccc(NS(=O)(=O)c2ccc(-c3ccccc3Cl)s2)cc1. The maximum atomic E-state index is 12.6. The van der Waals surface area contributed by atoms with Crippen molar-refractivity contribution >= 4 is 44.6 Å². The van der Waals surface area contributed by atoms with Gasteiger partial charge in [-0.05, 0) is 49.4 Å². The second-order valence-corrected chi connectivity index (χ2v) is 8.90. The Balaban J connectivity index is 1.79. The molecule has 0 saturated carbocycles. The number of benzene rings is 2. The molecule has 0 fully saturated rings. The highest BCUT2D eigenvalue weighted by molar-refractivity contribution is 7.94. The average molecular weight is 422 g/mol. The van der Waals surface area contributed by atoms with E-state index in [-0.39, 0.29) is 10.8 Å². The normalized spacial score (nSPS) is 11.2. The van der Waals surface area contributed by atoms with Gasteiger partial charge in [0.05, 0.1) is 12.2 Å². The molecule has 0 amide bonds. The molecular weight excluding hydrogens is 406 g/mol. The summed E-state index contributed by atoms with van der Waals surface area (Å²) in [7, 11) is -3.75. The lowest BCUT2D eigenvalue weighted by atomic mass is 10.2. The first-order chi connectivity index (χ1) is 12.9. The van der Waals surface area contributed by atoms with Crippen LogP contribution in [0, 0.1) is 0 Å². The first-order valence-corrected chi connectivity index (χ1v) is 10.7. The summed E-state index contributed by atoms with van der Waals surface area (Å²) in [6.07, 6.45) is 0. The van der Waals surface area contributed by atoms with Crippen LogP contribution in [0.5, 0.6) is 0 Å². The smallest absolute Gasteiger partial charge is 0.338 e. The van der Waals surface area contributed by atoms with Crippen LogP contribution in [0.1, 0.15) is 17.3 Å². The highest BCUT2D eigenvalue weighted by Gasteiger charge is 2.18. The van der Waals surface area contributed by atoms with Gasteiger partial charge in [-0.1, -0.05) is 29.8 Å². The van der Waals surface area contributed by atoms with Crippen LogP contribution in [-0.2, 0) is 14.8 Å². The van der Waals surface area contributed by atoms with Crippen molar-refractivity contribution in [2.24, 2.45) is 0 Å². The van der Waals surface area contributed by atoms with Crippen molar-refractivity contribution in [1.29, 1.82) is 0 Å². The lowest BCUT2D eigenvalue weighted by Crippen LogP contribution is -2.11. The molecule has 0 bridgehead atoms. The number of thiophene rings is 1. The van der Waals surface area contributed by atoms with E-state index in [0.29, 0.717) is 16.3 Å². The van der Waals surface area contributed by atoms with E-state index in [1.807, 2.05) is 18.2 Å². The Bertz CT molecular complexity index is 1060. The first kappa shape index (κ1) is 19.4. The number of sulfonamides is 1. The van der Waals surface area contributed by atoms with Crippen LogP contribution in [-0.4, -0.2) is 21.0 Å². The third-order valence-electron chi connectivity index (χ3n) is 3.63. The van der Waals surface area contributed by atoms with Gasteiger partial charge in [-0.3, -0.25) is 4.72 Å². The molecule has 3 aromatic rings. The minimum Gasteiger partial charge on any atom is -0.462 e. The van der Waals surface area contributed by atoms with E-state index in [2.05, 4.69) is 4.72 Å². The van der Waals surface area contributed by atoms with Crippen LogP contribution < -0.4 is 4.72 Å². The summed E-state index contributed by atoms with van der Waals surface area (Å²) in [5.74, 6) is -0.449. The third kappa shape index (κ3) is 4.50. The Morgan fingerprint density at radius 2 is 1.78 bits per heavy atom. The van der Waals surface area contributed by atoms with E-state index in [0.717, 1.165) is 21.8 Å². The Morgan fingerprint density at radius 3 is 2.44 bits per heavy atom. The largest absolute Gasteiger partial charge is 0.462 e. The molecule has 1 N–H and O–H groups in total. The zero-order valence-corrected chi connectivity index (χ0v) is 16.7. The standard InChI is InChI=1S/C19H16ClNO4S2/c1-2-25-19(22)13-7-9-14(10-8-13)21-27(23,24)18-12-11-17(26-18)15-5-3-4-6-16(15)20/h3-12,21H,2H2,1H3. The summed E-state index contributed by atoms with van der Waals surface area (Å²) in [5, 5.41) is 0.561. The van der Waals surface area contributed by atoms with Crippen LogP contribution >= 0.6 is 22.9 Å². The summed E-state index contributed by atoms with van der Waals surface area (Å²) >= 11 is 7.31. The van der Waals surface area contributed by atoms with Gasteiger partial charge in [0.15, 0.2) is 0 Å². The van der Waals surface area contributed by atoms with E-state index in [1.54, 1.807) is 25.1 Å². The fourth-order valence-corrected chi connectivity index (χ4v) is 5.06. The zero-order valence-electron chi connectivity index (χ0n) is 14.3. The highest BCUT2D eigenvalue weighted by atomic mass is 35.5. The molecule has 8 heteroatoms. The molecular formula is C19H16ClNO4S2. The maximum Gasteiger partial charge on any atom is 0.338 e. The molecule has 2 aromatic carbocycles. The van der Waals surface area contributed by atoms with Gasteiger partial charge in [0.1, 0.15) is 4.21 Å². The number of nitrogens with one attached hydrogen (secondary N) is 1. The van der Waals surface area contributed by atoms with Gasteiger partial charge in [-0.2, -0.15) is 0 Å². The molecule has 0 radical (unpaired) electrons. The number of halogens is 1. The number of anilines is 1. The number of carbonyl (C=O) groups excluding carboxylic acids is 1. The minimum absolute atomic E-state index is 0.173. The number of hydrogen-bond donors (Lipinski definition) is 1. The summed E-state index contributed by atoms with van der Waals surface area (Å²) in [5.41, 5.74) is 1.50. The molecule has 5 nitrogen and oxygen atoms in total. The monoisotopic (exact) mass is 421 g/mol. The molecule has 0 atom stereocenters. The molecule has 140 valence electrons. The van der Waals surface area contributed by atoms with Gasteiger partial charge in [-0.25, -0.2) is 13.2 Å². The van der Waals surface area contributed by atoms with Gasteiger partial charge >= 0.3 is 5.97 Å². The molecule has 3 rings (SSSR count). The van der Waals surface area contributed by atoms with Crippen molar-refractivity contribution in [2.45, 2.75) is 11.1 Å². The highest BCUT2D eigenvalue weighted by Crippen LogP contribution is 2.35. The van der Waals surface area contributed by atoms with Crippen molar-refractivity contribution in [3.8, 4) is 10.4 Å². The number of carbonyl (C=O) groups is 1. The van der Waals surface area contributed by atoms with Crippen molar-refractivity contribution in [3.63, 3.8) is 0 Å². The van der Waals surface area contributed by atoms with E-state index in [9.17, 15) is 13.2 Å². The second-order valence-electron chi connectivity index (χ2n) is 5.50. The van der Waals surface area contributed by atoms with Gasteiger partial charge in [-0.15, -0.1) is 11.3 Å². The molecule has 1 heterocycles. The first-order valence-electron chi connectivity index (χ1n) is 8.05. The van der Waals surface area contributed by atoms with Gasteiger partial charge in [0.2, 0.25) is 0 Å². The van der Waals surface area contributed by atoms with Crippen LogP contribution in [0.25, 0.3) is 10.4 Å². The fraction of sp³-hybridized carbons (Fsp3) is 0.105. The van der Waals surface area contributed by atoms with E-state index in [1.165, 1.54) is 24.3 Å². The Morgan fingerprint density at radius 1 is 1.07 bits per heavy atom. The summed E-state index contributed by atoms with van der Waals surface area (Å²) in [4.78, 5) is 12.4. The lowest BCUT2D eigenvalue weighted by molar-refractivity contribution is 0.0526. The maximum absolute atomic E-state index is 12.6. The molecule has 27 heavy (non-hydrogen) atoms. The van der Waals surface area contributed by atoms with Gasteiger partial charge in [0.25, 0.3) is 10.0 Å². The van der Waals surface area contributed by atoms with Crippen molar-refractivity contribution in [1.82, 2.24) is 0 Å². The molecule has 0 aliphatic rings. The van der Waals surface area contributed by atoms with Crippen molar-refractivity contribution in [2.75, 3.05) is 11.3 Å². The number of rotatable bonds is 6. The molecule has 0 aliphatic carbocycles.